The number of likely N-dealkylation sites (tertiary alicyclic amines) is 1. The van der Waals surface area contributed by atoms with E-state index in [4.69, 9.17) is 0 Å². The second-order valence-corrected chi connectivity index (χ2v) is 8.28. The molecule has 2 N–H and O–H groups in total. The molecule has 2 heterocycles. The van der Waals surface area contributed by atoms with Crippen molar-refractivity contribution in [3.63, 3.8) is 0 Å². The molecule has 2 aromatic rings. The first-order valence-corrected chi connectivity index (χ1v) is 10.1. The van der Waals surface area contributed by atoms with Gasteiger partial charge in [0, 0.05) is 29.2 Å². The quantitative estimate of drug-likeness (QED) is 0.551. The van der Waals surface area contributed by atoms with E-state index in [1.54, 1.807) is 6.07 Å². The number of nitrogens with zero attached hydrogens (tertiary/aromatic N) is 3. The normalized spacial score (nSPS) is 17.0. The maximum Gasteiger partial charge on any atom is 0.271 e. The van der Waals surface area contributed by atoms with E-state index in [1.807, 2.05) is 18.7 Å². The van der Waals surface area contributed by atoms with E-state index >= 15 is 0 Å². The largest absolute Gasteiger partial charge is 0.326 e. The summed E-state index contributed by atoms with van der Waals surface area (Å²) in [5.74, 6) is -0.625. The van der Waals surface area contributed by atoms with Crippen LogP contribution in [0.3, 0.4) is 0 Å². The average molecular weight is 417 g/mol. The fraction of sp³-hybridized carbons (Fsp3) is 0.421. The number of nitrogens with one attached hydrogen (secondary N) is 2. The van der Waals surface area contributed by atoms with Gasteiger partial charge >= 0.3 is 0 Å². The van der Waals surface area contributed by atoms with Crippen molar-refractivity contribution in [3.05, 3.63) is 45.0 Å². The topological polar surface area (TPSA) is 117 Å². The standard InChI is InChI=1S/C19H23N5O4S/c1-12-13(2)29-19(20-12)22-17(25)11-23-8-4-5-14(10-23)18(26)21-15-6-3-7-16(9-15)24(27)28/h3,6-7,9,14H,4-5,8,10-11H2,1-2H3,(H,21,26)(H,20,22,25). The molecule has 3 rings (SSSR count). The molecule has 1 unspecified atom stereocenters. The minimum atomic E-state index is -0.498. The van der Waals surface area contributed by atoms with Crippen LogP contribution < -0.4 is 10.6 Å². The summed E-state index contributed by atoms with van der Waals surface area (Å²) in [6.07, 6.45) is 1.51. The summed E-state index contributed by atoms with van der Waals surface area (Å²) >= 11 is 1.44. The Bertz CT molecular complexity index is 910. The van der Waals surface area contributed by atoms with E-state index in [9.17, 15) is 19.7 Å². The first-order chi connectivity index (χ1) is 13.8. The summed E-state index contributed by atoms with van der Waals surface area (Å²) in [7, 11) is 0. The van der Waals surface area contributed by atoms with E-state index < -0.39 is 4.92 Å². The molecule has 1 aliphatic rings. The van der Waals surface area contributed by atoms with Crippen molar-refractivity contribution in [2.45, 2.75) is 26.7 Å². The van der Waals surface area contributed by atoms with Gasteiger partial charge in [-0.1, -0.05) is 6.07 Å². The molecule has 0 spiro atoms. The second-order valence-electron chi connectivity index (χ2n) is 7.08. The fourth-order valence-electron chi connectivity index (χ4n) is 3.24. The number of hydrogen-bond donors (Lipinski definition) is 2. The summed E-state index contributed by atoms with van der Waals surface area (Å²) < 4.78 is 0. The molecule has 1 saturated heterocycles. The number of carbonyl (C=O) groups is 2. The number of piperidine rings is 1. The maximum absolute atomic E-state index is 12.6. The summed E-state index contributed by atoms with van der Waals surface area (Å²) in [6, 6.07) is 5.87. The molecule has 0 saturated carbocycles. The van der Waals surface area contributed by atoms with Crippen LogP contribution >= 0.6 is 11.3 Å². The molecule has 10 heteroatoms. The molecular weight excluding hydrogens is 394 g/mol. The van der Waals surface area contributed by atoms with Gasteiger partial charge in [0.15, 0.2) is 5.13 Å². The van der Waals surface area contributed by atoms with E-state index in [0.717, 1.165) is 23.5 Å². The molecule has 0 bridgehead atoms. The number of non-ortho nitro benzene ring substituents is 1. The van der Waals surface area contributed by atoms with Gasteiger partial charge in [0.25, 0.3) is 5.69 Å². The molecule has 1 fully saturated rings. The number of amides is 2. The Morgan fingerprint density at radius 2 is 2.14 bits per heavy atom. The minimum absolute atomic E-state index is 0.0719. The third-order valence-electron chi connectivity index (χ3n) is 4.84. The highest BCUT2D eigenvalue weighted by Crippen LogP contribution is 2.23. The molecule has 29 heavy (non-hydrogen) atoms. The van der Waals surface area contributed by atoms with Crippen LogP contribution in [0.1, 0.15) is 23.4 Å². The second kappa shape index (κ2) is 9.10. The zero-order valence-electron chi connectivity index (χ0n) is 16.3. The third kappa shape index (κ3) is 5.58. The zero-order chi connectivity index (χ0) is 21.0. The van der Waals surface area contributed by atoms with Gasteiger partial charge < -0.3 is 10.6 Å². The average Bonchev–Trinajstić information content (AvgIpc) is 2.99. The number of benzene rings is 1. The van der Waals surface area contributed by atoms with Crippen molar-refractivity contribution in [1.82, 2.24) is 9.88 Å². The molecule has 0 aliphatic carbocycles. The maximum atomic E-state index is 12.6. The molecular formula is C19H23N5O4S. The number of thiazole rings is 1. The highest BCUT2D eigenvalue weighted by molar-refractivity contribution is 7.15. The van der Waals surface area contributed by atoms with Crippen molar-refractivity contribution in [2.24, 2.45) is 5.92 Å². The zero-order valence-corrected chi connectivity index (χ0v) is 17.1. The van der Waals surface area contributed by atoms with Crippen molar-refractivity contribution in [1.29, 1.82) is 0 Å². The molecule has 2 amide bonds. The summed E-state index contributed by atoms with van der Waals surface area (Å²) in [5.41, 5.74) is 1.23. The minimum Gasteiger partial charge on any atom is -0.326 e. The third-order valence-corrected chi connectivity index (χ3v) is 5.83. The Hall–Kier alpha value is -2.85. The van der Waals surface area contributed by atoms with Crippen molar-refractivity contribution < 1.29 is 14.5 Å². The van der Waals surface area contributed by atoms with Gasteiger partial charge in [-0.2, -0.15) is 0 Å². The molecule has 1 atom stereocenters. The number of carbonyl (C=O) groups excluding carboxylic acids is 2. The Morgan fingerprint density at radius 1 is 1.34 bits per heavy atom. The Balaban J connectivity index is 1.54. The number of nitro groups is 1. The van der Waals surface area contributed by atoms with E-state index in [1.165, 1.54) is 29.5 Å². The van der Waals surface area contributed by atoms with Crippen molar-refractivity contribution >= 4 is 39.7 Å². The van der Waals surface area contributed by atoms with E-state index in [2.05, 4.69) is 15.6 Å². The molecule has 9 nitrogen and oxygen atoms in total. The van der Waals surface area contributed by atoms with E-state index in [0.29, 0.717) is 23.8 Å². The number of hydrogen-bond acceptors (Lipinski definition) is 7. The molecule has 1 aromatic carbocycles. The van der Waals surface area contributed by atoms with Crippen LogP contribution in [0.4, 0.5) is 16.5 Å². The molecule has 1 aromatic heterocycles. The van der Waals surface area contributed by atoms with Crippen LogP contribution in [0, 0.1) is 29.9 Å². The van der Waals surface area contributed by atoms with Crippen molar-refractivity contribution in [2.75, 3.05) is 30.3 Å². The van der Waals surface area contributed by atoms with Gasteiger partial charge in [-0.05, 0) is 39.3 Å². The Kier molecular flexibility index (Phi) is 6.55. The lowest BCUT2D eigenvalue weighted by Gasteiger charge is -2.31. The molecule has 154 valence electrons. The van der Waals surface area contributed by atoms with Crippen molar-refractivity contribution in [3.8, 4) is 0 Å². The molecule has 1 aliphatic heterocycles. The smallest absolute Gasteiger partial charge is 0.271 e. The highest BCUT2D eigenvalue weighted by Gasteiger charge is 2.27. The van der Waals surface area contributed by atoms with Crippen LogP contribution in [-0.4, -0.2) is 46.3 Å². The van der Waals surface area contributed by atoms with Crippen LogP contribution in [-0.2, 0) is 9.59 Å². The number of anilines is 2. The lowest BCUT2D eigenvalue weighted by Crippen LogP contribution is -2.43. The van der Waals surface area contributed by atoms with Gasteiger partial charge in [0.05, 0.1) is 23.1 Å². The summed E-state index contributed by atoms with van der Waals surface area (Å²) in [6.45, 7) is 5.25. The van der Waals surface area contributed by atoms with Crippen LogP contribution in [0.2, 0.25) is 0 Å². The lowest BCUT2D eigenvalue weighted by atomic mass is 9.97. The predicted octanol–water partition coefficient (Wildman–Crippen LogP) is 2.96. The van der Waals surface area contributed by atoms with Gasteiger partial charge in [-0.25, -0.2) is 4.98 Å². The predicted molar refractivity (Wildman–Crippen MR) is 111 cm³/mol. The van der Waals surface area contributed by atoms with Gasteiger partial charge in [0.1, 0.15) is 0 Å². The first-order valence-electron chi connectivity index (χ1n) is 9.33. The Morgan fingerprint density at radius 3 is 2.83 bits per heavy atom. The fourth-order valence-corrected chi connectivity index (χ4v) is 4.07. The van der Waals surface area contributed by atoms with Gasteiger partial charge in [-0.3, -0.25) is 24.6 Å². The summed E-state index contributed by atoms with van der Waals surface area (Å²) in [5, 5.41) is 17.0. The van der Waals surface area contributed by atoms with E-state index in [-0.39, 0.29) is 30.0 Å². The number of aromatic nitrogens is 1. The highest BCUT2D eigenvalue weighted by atomic mass is 32.1. The van der Waals surface area contributed by atoms with Crippen LogP contribution in [0.5, 0.6) is 0 Å². The number of nitro benzene ring substituents is 1. The van der Waals surface area contributed by atoms with Gasteiger partial charge in [0.2, 0.25) is 11.8 Å². The SMILES string of the molecule is Cc1nc(NC(=O)CN2CCCC(C(=O)Nc3cccc([N+](=O)[O-])c3)C2)sc1C. The number of aryl methyl sites for hydroxylation is 2. The monoisotopic (exact) mass is 417 g/mol. The van der Waals surface area contributed by atoms with Crippen LogP contribution in [0.25, 0.3) is 0 Å². The lowest BCUT2D eigenvalue weighted by molar-refractivity contribution is -0.384. The summed E-state index contributed by atoms with van der Waals surface area (Å²) in [4.78, 5) is 42.6. The first kappa shape index (κ1) is 20.9. The Labute approximate surface area is 172 Å². The van der Waals surface area contributed by atoms with Crippen LogP contribution in [0.15, 0.2) is 24.3 Å². The molecule has 0 radical (unpaired) electrons. The number of rotatable bonds is 6. The van der Waals surface area contributed by atoms with Gasteiger partial charge in [-0.15, -0.1) is 11.3 Å².